The van der Waals surface area contributed by atoms with Gasteiger partial charge in [0.2, 0.25) is 0 Å². The lowest BCUT2D eigenvalue weighted by Gasteiger charge is -2.05. The number of rotatable bonds is 2. The molecule has 5 rings (SSSR count). The largest absolute Gasteiger partial charge is 0.321 e. The van der Waals surface area contributed by atoms with Crippen molar-refractivity contribution in [3.8, 4) is 6.07 Å². The van der Waals surface area contributed by atoms with E-state index in [1.807, 2.05) is 28.7 Å². The van der Waals surface area contributed by atoms with E-state index in [1.54, 1.807) is 30.5 Å². The third-order valence-electron chi connectivity index (χ3n) is 4.39. The summed E-state index contributed by atoms with van der Waals surface area (Å²) in [6.07, 6.45) is 1.78. The predicted molar refractivity (Wildman–Crippen MR) is 110 cm³/mol. The molecular formula is C20H10ClN5OS. The van der Waals surface area contributed by atoms with Gasteiger partial charge in [-0.1, -0.05) is 23.7 Å². The molecule has 0 saturated carbocycles. The molecule has 0 aliphatic rings. The Balaban J connectivity index is 1.66. The second kappa shape index (κ2) is 6.30. The Morgan fingerprint density at radius 1 is 1.14 bits per heavy atom. The molecule has 0 saturated heterocycles. The van der Waals surface area contributed by atoms with Gasteiger partial charge in [-0.15, -0.1) is 11.3 Å². The first-order chi connectivity index (χ1) is 13.6. The number of carbonyl (C=O) groups excluding carboxylic acids is 1. The number of amides is 1. The summed E-state index contributed by atoms with van der Waals surface area (Å²) in [5, 5.41) is 12.6. The first kappa shape index (κ1) is 16.7. The molecule has 1 N–H and O–H groups in total. The van der Waals surface area contributed by atoms with Crippen LogP contribution in [0.5, 0.6) is 0 Å². The average Bonchev–Trinajstić information content (AvgIpc) is 3.27. The lowest BCUT2D eigenvalue weighted by atomic mass is 10.2. The number of benzene rings is 1. The van der Waals surface area contributed by atoms with E-state index in [-0.39, 0.29) is 5.91 Å². The zero-order valence-electron chi connectivity index (χ0n) is 14.2. The summed E-state index contributed by atoms with van der Waals surface area (Å²) in [5.41, 5.74) is 4.25. The second-order valence-corrected chi connectivity index (χ2v) is 7.81. The number of fused-ring (bicyclic) bond motifs is 4. The van der Waals surface area contributed by atoms with E-state index in [0.717, 1.165) is 11.0 Å². The average molecular weight is 404 g/mol. The monoisotopic (exact) mass is 403 g/mol. The van der Waals surface area contributed by atoms with Gasteiger partial charge in [-0.2, -0.15) is 5.26 Å². The number of halogens is 1. The Morgan fingerprint density at radius 2 is 1.93 bits per heavy atom. The van der Waals surface area contributed by atoms with E-state index in [4.69, 9.17) is 11.6 Å². The Bertz CT molecular complexity index is 1450. The van der Waals surface area contributed by atoms with Crippen LogP contribution >= 0.6 is 22.9 Å². The van der Waals surface area contributed by atoms with E-state index < -0.39 is 0 Å². The van der Waals surface area contributed by atoms with Crippen molar-refractivity contribution in [3.63, 3.8) is 0 Å². The molecule has 134 valence electrons. The highest BCUT2D eigenvalue weighted by molar-refractivity contribution is 7.18. The maximum atomic E-state index is 12.4. The summed E-state index contributed by atoms with van der Waals surface area (Å²) in [7, 11) is 0. The van der Waals surface area contributed by atoms with Gasteiger partial charge in [-0.3, -0.25) is 9.20 Å². The molecular weight excluding hydrogens is 394 g/mol. The molecule has 1 amide bonds. The summed E-state index contributed by atoms with van der Waals surface area (Å²) in [6, 6.07) is 16.6. The summed E-state index contributed by atoms with van der Waals surface area (Å²) in [4.78, 5) is 22.2. The smallest absolute Gasteiger partial charge is 0.265 e. The van der Waals surface area contributed by atoms with Crippen molar-refractivity contribution in [1.29, 1.82) is 5.26 Å². The van der Waals surface area contributed by atoms with Crippen molar-refractivity contribution >= 4 is 62.2 Å². The molecule has 8 heteroatoms. The van der Waals surface area contributed by atoms with Crippen molar-refractivity contribution in [2.24, 2.45) is 0 Å². The highest BCUT2D eigenvalue weighted by Crippen LogP contribution is 2.28. The van der Waals surface area contributed by atoms with Crippen LogP contribution in [0.15, 0.2) is 54.7 Å². The zero-order valence-corrected chi connectivity index (χ0v) is 15.8. The topological polar surface area (TPSA) is 83.1 Å². The number of nitrogens with one attached hydrogen (secondary N) is 1. The van der Waals surface area contributed by atoms with Gasteiger partial charge in [0.25, 0.3) is 5.91 Å². The van der Waals surface area contributed by atoms with Crippen LogP contribution in [0.25, 0.3) is 27.7 Å². The van der Waals surface area contributed by atoms with Crippen LogP contribution in [0.4, 0.5) is 5.69 Å². The van der Waals surface area contributed by atoms with Crippen LogP contribution in [0, 0.1) is 11.3 Å². The molecule has 5 aromatic rings. The summed E-state index contributed by atoms with van der Waals surface area (Å²) < 4.78 is 2.36. The fourth-order valence-electron chi connectivity index (χ4n) is 3.14. The van der Waals surface area contributed by atoms with Crippen molar-refractivity contribution in [2.75, 3.05) is 5.32 Å². The number of nitriles is 1. The number of carbonyl (C=O) groups is 1. The lowest BCUT2D eigenvalue weighted by Crippen LogP contribution is -2.10. The van der Waals surface area contributed by atoms with Gasteiger partial charge >= 0.3 is 0 Å². The summed E-state index contributed by atoms with van der Waals surface area (Å²) in [5.74, 6) is -0.252. The molecule has 0 atom stereocenters. The fourth-order valence-corrected chi connectivity index (χ4v) is 4.08. The number of anilines is 1. The third kappa shape index (κ3) is 2.59. The van der Waals surface area contributed by atoms with E-state index in [2.05, 4.69) is 21.4 Å². The van der Waals surface area contributed by atoms with Crippen LogP contribution in [-0.4, -0.2) is 20.3 Å². The Labute approximate surface area is 167 Å². The Hall–Kier alpha value is -3.47. The van der Waals surface area contributed by atoms with E-state index in [0.29, 0.717) is 37.1 Å². The third-order valence-corrected chi connectivity index (χ3v) is 5.62. The number of para-hydroxylation sites is 2. The van der Waals surface area contributed by atoms with Crippen molar-refractivity contribution in [1.82, 2.24) is 14.4 Å². The maximum absolute atomic E-state index is 12.4. The number of thiophene rings is 1. The lowest BCUT2D eigenvalue weighted by molar-refractivity contribution is 0.103. The molecule has 1 aromatic carbocycles. The normalized spacial score (nSPS) is 11.1. The van der Waals surface area contributed by atoms with E-state index >= 15 is 0 Å². The van der Waals surface area contributed by atoms with Gasteiger partial charge < -0.3 is 5.32 Å². The first-order valence-electron chi connectivity index (χ1n) is 8.31. The molecule has 0 aliphatic carbocycles. The minimum absolute atomic E-state index is 0.252. The molecule has 28 heavy (non-hydrogen) atoms. The van der Waals surface area contributed by atoms with Crippen molar-refractivity contribution < 1.29 is 4.79 Å². The molecule has 0 fully saturated rings. The zero-order chi connectivity index (χ0) is 19.3. The van der Waals surface area contributed by atoms with Crippen LogP contribution in [-0.2, 0) is 0 Å². The standard InChI is InChI=1S/C20H10ClN5OS/c21-17-6-5-16(28-17)20(27)23-11-7-8-26-15(9-11)12(10-22)18-19(26)25-14-4-2-1-3-13(14)24-18/h1-9H,(H,23,27). The molecule has 0 spiro atoms. The quantitative estimate of drug-likeness (QED) is 0.455. The molecule has 6 nitrogen and oxygen atoms in total. The van der Waals surface area contributed by atoms with Crippen LogP contribution in [0.1, 0.15) is 15.2 Å². The van der Waals surface area contributed by atoms with Crippen LogP contribution in [0.3, 0.4) is 0 Å². The SMILES string of the molecule is N#Cc1c2nc3ccccc3nc2n2ccc(NC(=O)c3ccc(Cl)s3)cc12. The highest BCUT2D eigenvalue weighted by Gasteiger charge is 2.17. The molecule has 0 radical (unpaired) electrons. The van der Waals surface area contributed by atoms with Gasteiger partial charge in [0.1, 0.15) is 17.1 Å². The minimum atomic E-state index is -0.252. The van der Waals surface area contributed by atoms with Crippen molar-refractivity contribution in [2.45, 2.75) is 0 Å². The fraction of sp³-hybridized carbons (Fsp3) is 0. The van der Waals surface area contributed by atoms with Gasteiger partial charge in [0.15, 0.2) is 5.65 Å². The number of hydrogen-bond donors (Lipinski definition) is 1. The highest BCUT2D eigenvalue weighted by atomic mass is 35.5. The molecule has 0 aliphatic heterocycles. The number of aromatic nitrogens is 3. The van der Waals surface area contributed by atoms with Gasteiger partial charge in [0.05, 0.1) is 25.8 Å². The van der Waals surface area contributed by atoms with Crippen LogP contribution in [0.2, 0.25) is 4.34 Å². The Kier molecular flexibility index (Phi) is 3.76. The van der Waals surface area contributed by atoms with E-state index in [9.17, 15) is 10.1 Å². The molecule has 4 heterocycles. The molecule has 0 unspecified atom stereocenters. The Morgan fingerprint density at radius 3 is 2.64 bits per heavy atom. The predicted octanol–water partition coefficient (Wildman–Crippen LogP) is 4.87. The van der Waals surface area contributed by atoms with E-state index in [1.165, 1.54) is 11.3 Å². The molecule has 4 aromatic heterocycles. The summed E-state index contributed by atoms with van der Waals surface area (Å²) >= 11 is 7.11. The number of nitrogens with zero attached hydrogens (tertiary/aromatic N) is 4. The number of pyridine rings is 1. The van der Waals surface area contributed by atoms with Gasteiger partial charge in [-0.05, 0) is 36.4 Å². The number of hydrogen-bond acceptors (Lipinski definition) is 5. The minimum Gasteiger partial charge on any atom is -0.321 e. The van der Waals surface area contributed by atoms with Crippen LogP contribution < -0.4 is 5.32 Å². The first-order valence-corrected chi connectivity index (χ1v) is 9.51. The van der Waals surface area contributed by atoms with Crippen molar-refractivity contribution in [3.05, 3.63) is 69.5 Å². The van der Waals surface area contributed by atoms with Gasteiger partial charge in [-0.25, -0.2) is 9.97 Å². The molecule has 0 bridgehead atoms. The maximum Gasteiger partial charge on any atom is 0.265 e. The second-order valence-electron chi connectivity index (χ2n) is 6.10. The summed E-state index contributed by atoms with van der Waals surface area (Å²) in [6.45, 7) is 0. The van der Waals surface area contributed by atoms with Gasteiger partial charge in [0, 0.05) is 11.9 Å².